The van der Waals surface area contributed by atoms with E-state index in [1.807, 2.05) is 13.8 Å². The molecule has 9 heteroatoms. The Kier molecular flexibility index (Phi) is 5.54. The van der Waals surface area contributed by atoms with Gasteiger partial charge >= 0.3 is 5.97 Å². The number of rotatable bonds is 4. The van der Waals surface area contributed by atoms with Crippen LogP contribution in [0.25, 0.3) is 0 Å². The Bertz CT molecular complexity index is 816. The van der Waals surface area contributed by atoms with E-state index in [4.69, 9.17) is 18.6 Å². The molecule has 0 saturated carbocycles. The standard InChI is InChI=1S/C21H28O9/c1-9-6-21(3)13(19(26)30-18(21)11-4-5-27-8-11)10(2)17(9)29-20-16(25)15(24)14(23)12(7-22)28-20/h4-5,8-9,12,14-18,20,22-25H,6-7H2,1-3H3. The maximum absolute atomic E-state index is 12.8. The summed E-state index contributed by atoms with van der Waals surface area (Å²) >= 11 is 0. The van der Waals surface area contributed by atoms with Gasteiger partial charge in [-0.15, -0.1) is 0 Å². The number of fused-ring (bicyclic) bond motifs is 1. The molecule has 3 aliphatic rings. The Morgan fingerprint density at radius 1 is 1.23 bits per heavy atom. The Morgan fingerprint density at radius 3 is 2.60 bits per heavy atom. The topological polar surface area (TPSA) is 139 Å². The molecule has 0 aromatic carbocycles. The molecule has 0 amide bonds. The molecule has 0 bridgehead atoms. The van der Waals surface area contributed by atoms with Crippen molar-refractivity contribution < 1.29 is 43.8 Å². The van der Waals surface area contributed by atoms with Crippen molar-refractivity contribution in [2.24, 2.45) is 11.3 Å². The van der Waals surface area contributed by atoms with Crippen LogP contribution in [0.4, 0.5) is 0 Å². The van der Waals surface area contributed by atoms with Crippen LogP contribution in [0.15, 0.2) is 34.2 Å². The van der Waals surface area contributed by atoms with Crippen LogP contribution in [0.2, 0.25) is 0 Å². The van der Waals surface area contributed by atoms with E-state index < -0.39 is 60.9 Å². The second-order valence-corrected chi connectivity index (χ2v) is 8.75. The van der Waals surface area contributed by atoms with Crippen LogP contribution in [-0.2, 0) is 19.0 Å². The smallest absolute Gasteiger partial charge is 0.335 e. The summed E-state index contributed by atoms with van der Waals surface area (Å²) in [6, 6.07) is 1.78. The van der Waals surface area contributed by atoms with Crippen molar-refractivity contribution in [3.05, 3.63) is 35.3 Å². The van der Waals surface area contributed by atoms with Gasteiger partial charge in [-0.05, 0) is 30.9 Å². The second kappa shape index (κ2) is 7.74. The largest absolute Gasteiger partial charge is 0.472 e. The van der Waals surface area contributed by atoms with Gasteiger partial charge in [0.25, 0.3) is 0 Å². The van der Waals surface area contributed by atoms with Crippen LogP contribution < -0.4 is 0 Å². The quantitative estimate of drug-likeness (QED) is 0.507. The molecule has 166 valence electrons. The maximum atomic E-state index is 12.8. The fourth-order valence-corrected chi connectivity index (χ4v) is 5.25. The van der Waals surface area contributed by atoms with Gasteiger partial charge in [-0.3, -0.25) is 0 Å². The van der Waals surface area contributed by atoms with Crippen molar-refractivity contribution in [3.63, 3.8) is 0 Å². The SMILES string of the molecule is CC1=C2C(=O)OC(c3ccoc3)C2(C)CC(C)C1OC1OC(CO)C(O)C(O)C1O. The molecule has 30 heavy (non-hydrogen) atoms. The summed E-state index contributed by atoms with van der Waals surface area (Å²) in [4.78, 5) is 12.8. The van der Waals surface area contributed by atoms with Gasteiger partial charge in [0.1, 0.15) is 30.5 Å². The molecular weight excluding hydrogens is 396 g/mol. The van der Waals surface area contributed by atoms with Crippen molar-refractivity contribution in [1.29, 1.82) is 0 Å². The minimum absolute atomic E-state index is 0.0741. The highest BCUT2D eigenvalue weighted by atomic mass is 16.7. The maximum Gasteiger partial charge on any atom is 0.335 e. The third kappa shape index (κ3) is 3.21. The summed E-state index contributed by atoms with van der Waals surface area (Å²) in [5.41, 5.74) is 1.42. The summed E-state index contributed by atoms with van der Waals surface area (Å²) in [6.45, 7) is 5.20. The lowest BCUT2D eigenvalue weighted by molar-refractivity contribution is -0.312. The number of carbonyl (C=O) groups is 1. The van der Waals surface area contributed by atoms with Crippen LogP contribution in [0.5, 0.6) is 0 Å². The molecule has 9 atom stereocenters. The summed E-state index contributed by atoms with van der Waals surface area (Å²) in [5.74, 6) is -0.495. The van der Waals surface area contributed by atoms with Crippen molar-refractivity contribution in [2.45, 2.75) is 70.1 Å². The van der Waals surface area contributed by atoms with Gasteiger partial charge in [0.15, 0.2) is 6.29 Å². The zero-order valence-corrected chi connectivity index (χ0v) is 17.1. The highest BCUT2D eigenvalue weighted by Crippen LogP contribution is 2.57. The molecule has 0 spiro atoms. The Hall–Kier alpha value is -1.75. The first-order chi connectivity index (χ1) is 14.2. The zero-order valence-electron chi connectivity index (χ0n) is 17.1. The zero-order chi connectivity index (χ0) is 21.8. The summed E-state index contributed by atoms with van der Waals surface area (Å²) < 4.78 is 22.4. The van der Waals surface area contributed by atoms with E-state index >= 15 is 0 Å². The molecule has 4 rings (SSSR count). The molecule has 2 fully saturated rings. The molecule has 9 nitrogen and oxygen atoms in total. The highest BCUT2D eigenvalue weighted by Gasteiger charge is 2.57. The normalized spacial score (nSPS) is 44.2. The molecule has 3 heterocycles. The predicted octanol–water partition coefficient (Wildman–Crippen LogP) is 0.425. The van der Waals surface area contributed by atoms with Crippen LogP contribution in [0.3, 0.4) is 0 Å². The molecule has 1 aliphatic carbocycles. The molecule has 9 unspecified atom stereocenters. The fraction of sp³-hybridized carbons (Fsp3) is 0.667. The first-order valence-electron chi connectivity index (χ1n) is 10.1. The molecule has 1 aromatic heterocycles. The summed E-state index contributed by atoms with van der Waals surface area (Å²) in [5, 5.41) is 39.7. The number of cyclic esters (lactones) is 1. The minimum Gasteiger partial charge on any atom is -0.472 e. The van der Waals surface area contributed by atoms with Crippen molar-refractivity contribution in [2.75, 3.05) is 6.61 Å². The number of aliphatic hydroxyl groups excluding tert-OH is 4. The number of furan rings is 1. The first kappa shape index (κ1) is 21.5. The van der Waals surface area contributed by atoms with Crippen molar-refractivity contribution in [3.8, 4) is 0 Å². The van der Waals surface area contributed by atoms with E-state index in [0.717, 1.165) is 5.56 Å². The van der Waals surface area contributed by atoms with Gasteiger partial charge < -0.3 is 39.1 Å². The lowest BCUT2D eigenvalue weighted by atomic mass is 9.64. The van der Waals surface area contributed by atoms with E-state index in [-0.39, 0.29) is 5.92 Å². The van der Waals surface area contributed by atoms with E-state index in [1.54, 1.807) is 25.5 Å². The monoisotopic (exact) mass is 424 g/mol. The third-order valence-corrected chi connectivity index (χ3v) is 6.64. The number of ether oxygens (including phenoxy) is 3. The van der Waals surface area contributed by atoms with Gasteiger partial charge in [-0.25, -0.2) is 4.79 Å². The van der Waals surface area contributed by atoms with Gasteiger partial charge in [0.05, 0.1) is 25.2 Å². The van der Waals surface area contributed by atoms with Gasteiger partial charge in [0, 0.05) is 16.6 Å². The van der Waals surface area contributed by atoms with Crippen LogP contribution in [-0.4, -0.2) is 69.8 Å². The number of aliphatic hydroxyl groups is 4. The summed E-state index contributed by atoms with van der Waals surface area (Å²) in [7, 11) is 0. The molecular formula is C21H28O9. The molecule has 0 radical (unpaired) electrons. The lowest BCUT2D eigenvalue weighted by Gasteiger charge is -2.45. The van der Waals surface area contributed by atoms with E-state index in [0.29, 0.717) is 17.6 Å². The first-order valence-corrected chi connectivity index (χ1v) is 10.1. The average Bonchev–Trinajstić information content (AvgIpc) is 3.31. The summed E-state index contributed by atoms with van der Waals surface area (Å²) in [6.07, 6.45) is -4.19. The molecule has 2 aliphatic heterocycles. The highest BCUT2D eigenvalue weighted by molar-refractivity contribution is 5.94. The van der Waals surface area contributed by atoms with Crippen LogP contribution in [0.1, 0.15) is 38.9 Å². The number of carbonyl (C=O) groups excluding carboxylic acids is 1. The fourth-order valence-electron chi connectivity index (χ4n) is 5.25. The van der Waals surface area contributed by atoms with Gasteiger partial charge in [0.2, 0.25) is 0 Å². The lowest BCUT2D eigenvalue weighted by Crippen LogP contribution is -2.60. The third-order valence-electron chi connectivity index (χ3n) is 6.64. The Morgan fingerprint density at radius 2 is 1.97 bits per heavy atom. The van der Waals surface area contributed by atoms with Crippen LogP contribution in [0, 0.1) is 11.3 Å². The average molecular weight is 424 g/mol. The molecule has 2 saturated heterocycles. The van der Waals surface area contributed by atoms with Crippen molar-refractivity contribution >= 4 is 5.97 Å². The van der Waals surface area contributed by atoms with E-state index in [9.17, 15) is 25.2 Å². The number of hydrogen-bond acceptors (Lipinski definition) is 9. The molecule has 4 N–H and O–H groups in total. The number of hydrogen-bond donors (Lipinski definition) is 4. The Balaban J connectivity index is 1.63. The second-order valence-electron chi connectivity index (χ2n) is 8.75. The van der Waals surface area contributed by atoms with Crippen molar-refractivity contribution in [1.82, 2.24) is 0 Å². The number of esters is 1. The Labute approximate surface area is 173 Å². The van der Waals surface area contributed by atoms with E-state index in [1.165, 1.54) is 0 Å². The van der Waals surface area contributed by atoms with Gasteiger partial charge in [-0.1, -0.05) is 13.8 Å². The molecule has 1 aromatic rings. The van der Waals surface area contributed by atoms with Gasteiger partial charge in [-0.2, -0.15) is 0 Å². The predicted molar refractivity (Wildman–Crippen MR) is 101 cm³/mol. The van der Waals surface area contributed by atoms with E-state index in [2.05, 4.69) is 0 Å². The minimum atomic E-state index is -1.53. The van der Waals surface area contributed by atoms with Crippen LogP contribution >= 0.6 is 0 Å².